The molecule has 0 spiro atoms. The lowest BCUT2D eigenvalue weighted by Gasteiger charge is -2.19. The van der Waals surface area contributed by atoms with Crippen LogP contribution >= 0.6 is 11.6 Å². The second kappa shape index (κ2) is 8.59. The van der Waals surface area contributed by atoms with E-state index in [-0.39, 0.29) is 11.8 Å². The van der Waals surface area contributed by atoms with Gasteiger partial charge < -0.3 is 10.2 Å². The number of amides is 2. The van der Waals surface area contributed by atoms with E-state index in [1.807, 2.05) is 26.8 Å². The van der Waals surface area contributed by atoms with Gasteiger partial charge in [-0.25, -0.2) is 0 Å². The molecule has 1 aromatic rings. The van der Waals surface area contributed by atoms with Crippen molar-refractivity contribution in [3.05, 3.63) is 40.4 Å². The topological polar surface area (TPSA) is 49.4 Å². The van der Waals surface area contributed by atoms with Gasteiger partial charge in [0.1, 0.15) is 0 Å². The Morgan fingerprint density at radius 3 is 2.36 bits per heavy atom. The number of carbonyl (C=O) groups excluding carboxylic acids is 2. The summed E-state index contributed by atoms with van der Waals surface area (Å²) in [5.41, 5.74) is 1.68. The number of nitrogens with one attached hydrogen (secondary N) is 1. The van der Waals surface area contributed by atoms with Crippen molar-refractivity contribution in [1.29, 1.82) is 0 Å². The maximum atomic E-state index is 12.3. The molecule has 0 aliphatic heterocycles. The highest BCUT2D eigenvalue weighted by Crippen LogP contribution is 2.23. The molecular formula is C17H23ClN2O2. The number of hydrogen-bond donors (Lipinski definition) is 1. The van der Waals surface area contributed by atoms with Crippen molar-refractivity contribution >= 4 is 29.1 Å². The smallest absolute Gasteiger partial charge is 0.255 e. The van der Waals surface area contributed by atoms with Gasteiger partial charge in [-0.3, -0.25) is 9.59 Å². The van der Waals surface area contributed by atoms with E-state index in [1.54, 1.807) is 30.0 Å². The van der Waals surface area contributed by atoms with Crippen LogP contribution < -0.4 is 5.32 Å². The fraction of sp³-hybridized carbons (Fsp3) is 0.412. The number of rotatable bonds is 6. The summed E-state index contributed by atoms with van der Waals surface area (Å²) in [7, 11) is 0. The number of benzene rings is 1. The highest BCUT2D eigenvalue weighted by atomic mass is 35.5. The fourth-order valence-corrected chi connectivity index (χ4v) is 2.34. The van der Waals surface area contributed by atoms with E-state index in [4.69, 9.17) is 11.6 Å². The Bertz CT molecular complexity index is 578. The van der Waals surface area contributed by atoms with Gasteiger partial charge in [-0.1, -0.05) is 24.6 Å². The maximum absolute atomic E-state index is 12.3. The standard InChI is InChI=1S/C17H23ClN2O2/c1-5-8-12(4)16(21)19-13-9-10-14(15(18)11-13)17(22)20(6-2)7-3/h8-11H,5-7H2,1-4H3,(H,19,21)/b12-8-. The summed E-state index contributed by atoms with van der Waals surface area (Å²) in [4.78, 5) is 25.9. The zero-order valence-corrected chi connectivity index (χ0v) is 14.3. The Hall–Kier alpha value is -1.81. The van der Waals surface area contributed by atoms with Crippen LogP contribution in [0, 0.1) is 0 Å². The van der Waals surface area contributed by atoms with E-state index in [0.717, 1.165) is 6.42 Å². The molecule has 0 heterocycles. The predicted molar refractivity (Wildman–Crippen MR) is 91.4 cm³/mol. The predicted octanol–water partition coefficient (Wildman–Crippen LogP) is 4.12. The minimum atomic E-state index is -0.166. The molecule has 0 unspecified atom stereocenters. The Labute approximate surface area is 137 Å². The third-order valence-electron chi connectivity index (χ3n) is 3.38. The first-order valence-corrected chi connectivity index (χ1v) is 7.89. The minimum absolute atomic E-state index is 0.102. The van der Waals surface area contributed by atoms with E-state index in [2.05, 4.69) is 5.32 Å². The molecule has 0 aromatic heterocycles. The van der Waals surface area contributed by atoms with Crippen LogP contribution in [0.1, 0.15) is 44.5 Å². The monoisotopic (exact) mass is 322 g/mol. The van der Waals surface area contributed by atoms with Gasteiger partial charge in [0, 0.05) is 24.4 Å². The summed E-state index contributed by atoms with van der Waals surface area (Å²) >= 11 is 6.19. The van der Waals surface area contributed by atoms with Crippen LogP contribution in [-0.4, -0.2) is 29.8 Å². The molecule has 5 heteroatoms. The van der Waals surface area contributed by atoms with Gasteiger partial charge in [0.25, 0.3) is 11.8 Å². The first kappa shape index (κ1) is 18.2. The lowest BCUT2D eigenvalue weighted by atomic mass is 10.1. The largest absolute Gasteiger partial charge is 0.339 e. The molecule has 1 aromatic carbocycles. The van der Waals surface area contributed by atoms with Crippen LogP contribution in [0.25, 0.3) is 0 Å². The van der Waals surface area contributed by atoms with Crippen molar-refractivity contribution in [3.8, 4) is 0 Å². The van der Waals surface area contributed by atoms with Crippen molar-refractivity contribution in [1.82, 2.24) is 4.90 Å². The summed E-state index contributed by atoms with van der Waals surface area (Å²) in [6.45, 7) is 8.84. The van der Waals surface area contributed by atoms with Gasteiger partial charge in [-0.15, -0.1) is 0 Å². The van der Waals surface area contributed by atoms with Gasteiger partial charge in [-0.2, -0.15) is 0 Å². The average molecular weight is 323 g/mol. The van der Waals surface area contributed by atoms with E-state index < -0.39 is 0 Å². The number of halogens is 1. The van der Waals surface area contributed by atoms with Crippen molar-refractivity contribution in [2.75, 3.05) is 18.4 Å². The molecule has 22 heavy (non-hydrogen) atoms. The van der Waals surface area contributed by atoms with E-state index in [0.29, 0.717) is 34.9 Å². The van der Waals surface area contributed by atoms with Crippen molar-refractivity contribution in [3.63, 3.8) is 0 Å². The van der Waals surface area contributed by atoms with Crippen LogP contribution in [-0.2, 0) is 4.79 Å². The zero-order chi connectivity index (χ0) is 16.7. The highest BCUT2D eigenvalue weighted by Gasteiger charge is 2.16. The first-order chi connectivity index (χ1) is 10.4. The molecule has 1 rings (SSSR count). The zero-order valence-electron chi connectivity index (χ0n) is 13.6. The SMILES string of the molecule is CC/C=C(/C)C(=O)Nc1ccc(C(=O)N(CC)CC)c(Cl)c1. The van der Waals surface area contributed by atoms with E-state index >= 15 is 0 Å². The molecule has 0 aliphatic rings. The number of allylic oxidation sites excluding steroid dienone is 1. The summed E-state index contributed by atoms with van der Waals surface area (Å²) in [5.74, 6) is -0.268. The van der Waals surface area contributed by atoms with Crippen LogP contribution in [0.15, 0.2) is 29.8 Å². The molecule has 0 atom stereocenters. The fourth-order valence-electron chi connectivity index (χ4n) is 2.08. The van der Waals surface area contributed by atoms with Crippen LogP contribution in [0.4, 0.5) is 5.69 Å². The number of nitrogens with zero attached hydrogens (tertiary/aromatic N) is 1. The second-order valence-electron chi connectivity index (χ2n) is 4.92. The highest BCUT2D eigenvalue weighted by molar-refractivity contribution is 6.34. The van der Waals surface area contributed by atoms with Crippen molar-refractivity contribution in [2.24, 2.45) is 0 Å². The molecule has 0 radical (unpaired) electrons. The second-order valence-corrected chi connectivity index (χ2v) is 5.33. The van der Waals surface area contributed by atoms with Gasteiger partial charge in [0.15, 0.2) is 0 Å². The third kappa shape index (κ3) is 4.60. The molecule has 0 saturated carbocycles. The summed E-state index contributed by atoms with van der Waals surface area (Å²) in [6, 6.07) is 4.95. The van der Waals surface area contributed by atoms with Crippen molar-refractivity contribution < 1.29 is 9.59 Å². The number of anilines is 1. The van der Waals surface area contributed by atoms with Crippen LogP contribution in [0.3, 0.4) is 0 Å². The normalized spacial score (nSPS) is 11.2. The third-order valence-corrected chi connectivity index (χ3v) is 3.69. The molecule has 4 nitrogen and oxygen atoms in total. The lowest BCUT2D eigenvalue weighted by Crippen LogP contribution is -2.30. The summed E-state index contributed by atoms with van der Waals surface area (Å²) in [5, 5.41) is 3.11. The molecule has 120 valence electrons. The average Bonchev–Trinajstić information content (AvgIpc) is 2.48. The number of hydrogen-bond acceptors (Lipinski definition) is 2. The van der Waals surface area contributed by atoms with Crippen LogP contribution in [0.5, 0.6) is 0 Å². The quantitative estimate of drug-likeness (QED) is 0.801. The molecular weight excluding hydrogens is 300 g/mol. The van der Waals surface area contributed by atoms with Crippen molar-refractivity contribution in [2.45, 2.75) is 34.1 Å². The van der Waals surface area contributed by atoms with Crippen LogP contribution in [0.2, 0.25) is 5.02 Å². The van der Waals surface area contributed by atoms with Gasteiger partial charge >= 0.3 is 0 Å². The number of carbonyl (C=O) groups is 2. The molecule has 2 amide bonds. The Morgan fingerprint density at radius 2 is 1.86 bits per heavy atom. The molecule has 1 N–H and O–H groups in total. The molecule has 0 saturated heterocycles. The molecule has 0 fully saturated rings. The van der Waals surface area contributed by atoms with Gasteiger partial charge in [-0.05, 0) is 45.4 Å². The first-order valence-electron chi connectivity index (χ1n) is 7.51. The van der Waals surface area contributed by atoms with E-state index in [9.17, 15) is 9.59 Å². The van der Waals surface area contributed by atoms with Gasteiger partial charge in [0.2, 0.25) is 0 Å². The summed E-state index contributed by atoms with van der Waals surface area (Å²) < 4.78 is 0. The summed E-state index contributed by atoms with van der Waals surface area (Å²) in [6.07, 6.45) is 2.66. The molecule has 0 aliphatic carbocycles. The van der Waals surface area contributed by atoms with Gasteiger partial charge in [0.05, 0.1) is 10.6 Å². The Kier molecular flexibility index (Phi) is 7.12. The Balaban J connectivity index is 2.93. The Morgan fingerprint density at radius 1 is 1.23 bits per heavy atom. The minimum Gasteiger partial charge on any atom is -0.339 e. The lowest BCUT2D eigenvalue weighted by molar-refractivity contribution is -0.112. The van der Waals surface area contributed by atoms with E-state index in [1.165, 1.54) is 0 Å². The maximum Gasteiger partial charge on any atom is 0.255 e. The molecule has 0 bridgehead atoms.